The van der Waals surface area contributed by atoms with Crippen molar-refractivity contribution < 1.29 is 0 Å². The van der Waals surface area contributed by atoms with Crippen molar-refractivity contribution >= 4 is 0 Å². The van der Waals surface area contributed by atoms with E-state index in [-0.39, 0.29) is 0 Å². The van der Waals surface area contributed by atoms with E-state index in [1.807, 2.05) is 0 Å². The fourth-order valence-electron chi connectivity index (χ4n) is 1.40. The zero-order valence-corrected chi connectivity index (χ0v) is 10.9. The van der Waals surface area contributed by atoms with Gasteiger partial charge < -0.3 is 10.2 Å². The SMILES string of the molecule is CCCNC(CN(C)CC)C(C)(C)C. The van der Waals surface area contributed by atoms with E-state index in [1.165, 1.54) is 6.42 Å². The quantitative estimate of drug-likeness (QED) is 0.708. The molecule has 1 unspecified atom stereocenters. The van der Waals surface area contributed by atoms with E-state index in [0.717, 1.165) is 19.6 Å². The summed E-state index contributed by atoms with van der Waals surface area (Å²) in [6, 6.07) is 0.590. The summed E-state index contributed by atoms with van der Waals surface area (Å²) >= 11 is 0. The van der Waals surface area contributed by atoms with Crippen LogP contribution in [0.25, 0.3) is 0 Å². The molecular formula is C12H28N2. The summed E-state index contributed by atoms with van der Waals surface area (Å²) in [5.74, 6) is 0. The summed E-state index contributed by atoms with van der Waals surface area (Å²) in [5.41, 5.74) is 0.346. The van der Waals surface area contributed by atoms with Gasteiger partial charge in [-0.3, -0.25) is 0 Å². The summed E-state index contributed by atoms with van der Waals surface area (Å²) in [6.45, 7) is 14.7. The molecule has 0 aromatic carbocycles. The first kappa shape index (κ1) is 13.9. The Morgan fingerprint density at radius 3 is 2.14 bits per heavy atom. The molecule has 0 saturated carbocycles. The third-order valence-corrected chi connectivity index (χ3v) is 2.72. The Labute approximate surface area is 90.1 Å². The van der Waals surface area contributed by atoms with Crippen molar-refractivity contribution in [3.05, 3.63) is 0 Å². The first-order chi connectivity index (χ1) is 6.41. The van der Waals surface area contributed by atoms with Gasteiger partial charge in [0, 0.05) is 12.6 Å². The second-order valence-corrected chi connectivity index (χ2v) is 5.23. The molecule has 2 nitrogen and oxygen atoms in total. The molecule has 0 amide bonds. The lowest BCUT2D eigenvalue weighted by Crippen LogP contribution is -2.47. The molecule has 14 heavy (non-hydrogen) atoms. The van der Waals surface area contributed by atoms with E-state index in [2.05, 4.69) is 51.9 Å². The van der Waals surface area contributed by atoms with Crippen LogP contribution in [0.5, 0.6) is 0 Å². The summed E-state index contributed by atoms with van der Waals surface area (Å²) in [5, 5.41) is 3.63. The molecule has 0 bridgehead atoms. The minimum Gasteiger partial charge on any atom is -0.312 e. The molecule has 0 aliphatic rings. The van der Waals surface area contributed by atoms with Crippen LogP contribution in [0, 0.1) is 5.41 Å². The molecule has 1 atom stereocenters. The molecule has 0 rings (SSSR count). The van der Waals surface area contributed by atoms with Gasteiger partial charge in [0.15, 0.2) is 0 Å². The average molecular weight is 200 g/mol. The molecule has 0 aliphatic carbocycles. The highest BCUT2D eigenvalue weighted by molar-refractivity contribution is 4.82. The topological polar surface area (TPSA) is 15.3 Å². The first-order valence-electron chi connectivity index (χ1n) is 5.83. The van der Waals surface area contributed by atoms with E-state index in [1.54, 1.807) is 0 Å². The van der Waals surface area contributed by atoms with Crippen LogP contribution < -0.4 is 5.32 Å². The molecule has 0 heterocycles. The lowest BCUT2D eigenvalue weighted by molar-refractivity contribution is 0.199. The van der Waals surface area contributed by atoms with Gasteiger partial charge in [-0.15, -0.1) is 0 Å². The normalized spacial score (nSPS) is 14.8. The lowest BCUT2D eigenvalue weighted by atomic mass is 9.86. The van der Waals surface area contributed by atoms with Gasteiger partial charge >= 0.3 is 0 Å². The summed E-state index contributed by atoms with van der Waals surface area (Å²) in [6.07, 6.45) is 1.21. The number of likely N-dealkylation sites (N-methyl/N-ethyl adjacent to an activating group) is 1. The standard InChI is InChI=1S/C12H28N2/c1-7-9-13-11(12(3,4)5)10-14(6)8-2/h11,13H,7-10H2,1-6H3. The third kappa shape index (κ3) is 5.61. The van der Waals surface area contributed by atoms with Gasteiger partial charge in [-0.2, -0.15) is 0 Å². The number of rotatable bonds is 6. The second-order valence-electron chi connectivity index (χ2n) is 5.23. The smallest absolute Gasteiger partial charge is 0.0243 e. The van der Waals surface area contributed by atoms with Crippen LogP contribution in [0.3, 0.4) is 0 Å². The molecule has 1 N–H and O–H groups in total. The molecule has 0 spiro atoms. The van der Waals surface area contributed by atoms with Crippen LogP contribution in [-0.2, 0) is 0 Å². The van der Waals surface area contributed by atoms with Gasteiger partial charge in [0.2, 0.25) is 0 Å². The summed E-state index contributed by atoms with van der Waals surface area (Å²) < 4.78 is 0. The van der Waals surface area contributed by atoms with E-state index < -0.39 is 0 Å². The van der Waals surface area contributed by atoms with Crippen molar-refractivity contribution in [2.24, 2.45) is 5.41 Å². The monoisotopic (exact) mass is 200 g/mol. The molecule has 0 aliphatic heterocycles. The Hall–Kier alpha value is -0.0800. The average Bonchev–Trinajstić information content (AvgIpc) is 2.09. The molecule has 0 saturated heterocycles. The number of hydrogen-bond donors (Lipinski definition) is 1. The largest absolute Gasteiger partial charge is 0.312 e. The fraction of sp³-hybridized carbons (Fsp3) is 1.00. The summed E-state index contributed by atoms with van der Waals surface area (Å²) in [4.78, 5) is 2.37. The van der Waals surface area contributed by atoms with Gasteiger partial charge in [0.25, 0.3) is 0 Å². The molecule has 0 radical (unpaired) electrons. The van der Waals surface area contributed by atoms with E-state index >= 15 is 0 Å². The predicted octanol–water partition coefficient (Wildman–Crippen LogP) is 2.35. The van der Waals surface area contributed by atoms with Crippen LogP contribution >= 0.6 is 0 Å². The molecule has 0 fully saturated rings. The highest BCUT2D eigenvalue weighted by Crippen LogP contribution is 2.19. The molecular weight excluding hydrogens is 172 g/mol. The van der Waals surface area contributed by atoms with Crippen LogP contribution in [0.15, 0.2) is 0 Å². The highest BCUT2D eigenvalue weighted by atomic mass is 15.1. The predicted molar refractivity (Wildman–Crippen MR) is 64.7 cm³/mol. The van der Waals surface area contributed by atoms with Crippen LogP contribution in [-0.4, -0.2) is 37.6 Å². The molecule has 0 aromatic heterocycles. The minimum absolute atomic E-state index is 0.346. The van der Waals surface area contributed by atoms with Gasteiger partial charge in [-0.1, -0.05) is 34.6 Å². The Kier molecular flexibility index (Phi) is 6.38. The van der Waals surface area contributed by atoms with Crippen molar-refractivity contribution in [2.45, 2.75) is 47.1 Å². The first-order valence-corrected chi connectivity index (χ1v) is 5.83. The third-order valence-electron chi connectivity index (χ3n) is 2.72. The zero-order chi connectivity index (χ0) is 11.2. The minimum atomic E-state index is 0.346. The fourth-order valence-corrected chi connectivity index (χ4v) is 1.40. The Morgan fingerprint density at radius 1 is 1.21 bits per heavy atom. The maximum atomic E-state index is 3.63. The van der Waals surface area contributed by atoms with Crippen LogP contribution in [0.2, 0.25) is 0 Å². The van der Waals surface area contributed by atoms with E-state index in [9.17, 15) is 0 Å². The van der Waals surface area contributed by atoms with Crippen molar-refractivity contribution in [1.82, 2.24) is 10.2 Å². The summed E-state index contributed by atoms with van der Waals surface area (Å²) in [7, 11) is 2.19. The molecule has 86 valence electrons. The highest BCUT2D eigenvalue weighted by Gasteiger charge is 2.24. The Morgan fingerprint density at radius 2 is 1.79 bits per heavy atom. The van der Waals surface area contributed by atoms with Crippen molar-refractivity contribution in [1.29, 1.82) is 0 Å². The van der Waals surface area contributed by atoms with Crippen molar-refractivity contribution in [3.63, 3.8) is 0 Å². The van der Waals surface area contributed by atoms with Gasteiger partial charge in [-0.25, -0.2) is 0 Å². The Balaban J connectivity index is 4.11. The number of hydrogen-bond acceptors (Lipinski definition) is 2. The second kappa shape index (κ2) is 6.41. The Bertz CT molecular complexity index is 138. The van der Waals surface area contributed by atoms with E-state index in [0.29, 0.717) is 11.5 Å². The van der Waals surface area contributed by atoms with Crippen LogP contribution in [0.1, 0.15) is 41.0 Å². The molecule has 2 heteroatoms. The maximum Gasteiger partial charge on any atom is 0.0243 e. The van der Waals surface area contributed by atoms with Crippen molar-refractivity contribution in [2.75, 3.05) is 26.7 Å². The maximum absolute atomic E-state index is 3.63. The molecule has 0 aromatic rings. The zero-order valence-electron chi connectivity index (χ0n) is 10.9. The van der Waals surface area contributed by atoms with Gasteiger partial charge in [-0.05, 0) is 32.0 Å². The van der Waals surface area contributed by atoms with E-state index in [4.69, 9.17) is 0 Å². The van der Waals surface area contributed by atoms with Gasteiger partial charge in [0.1, 0.15) is 0 Å². The van der Waals surface area contributed by atoms with Crippen molar-refractivity contribution in [3.8, 4) is 0 Å². The van der Waals surface area contributed by atoms with Crippen LogP contribution in [0.4, 0.5) is 0 Å². The lowest BCUT2D eigenvalue weighted by Gasteiger charge is -2.34. The number of nitrogens with one attached hydrogen (secondary N) is 1. The number of nitrogens with zero attached hydrogens (tertiary/aromatic N) is 1. The van der Waals surface area contributed by atoms with Gasteiger partial charge in [0.05, 0.1) is 0 Å².